The van der Waals surface area contributed by atoms with Crippen LogP contribution in [0.5, 0.6) is 5.75 Å². The van der Waals surface area contributed by atoms with Crippen LogP contribution in [0.15, 0.2) is 48.5 Å². The van der Waals surface area contributed by atoms with Crippen molar-refractivity contribution in [2.75, 3.05) is 25.1 Å². The van der Waals surface area contributed by atoms with Gasteiger partial charge in [-0.05, 0) is 48.4 Å². The monoisotopic (exact) mass is 402 g/mol. The van der Waals surface area contributed by atoms with Crippen molar-refractivity contribution in [3.63, 3.8) is 0 Å². The summed E-state index contributed by atoms with van der Waals surface area (Å²) in [5.41, 5.74) is 1.43. The van der Waals surface area contributed by atoms with E-state index in [0.29, 0.717) is 17.3 Å². The van der Waals surface area contributed by atoms with Crippen LogP contribution in [0, 0.1) is 5.41 Å². The Labute approximate surface area is 171 Å². The third-order valence-corrected chi connectivity index (χ3v) is 4.44. The molecule has 0 bridgehead atoms. The zero-order valence-corrected chi connectivity index (χ0v) is 17.5. The second-order valence-electron chi connectivity index (χ2n) is 7.62. The van der Waals surface area contributed by atoms with Crippen molar-refractivity contribution >= 4 is 29.1 Å². The van der Waals surface area contributed by atoms with Gasteiger partial charge in [-0.1, -0.05) is 44.5 Å². The van der Waals surface area contributed by atoms with Gasteiger partial charge < -0.3 is 15.0 Å². The zero-order chi connectivity index (χ0) is 20.7. The quantitative estimate of drug-likeness (QED) is 0.758. The van der Waals surface area contributed by atoms with E-state index >= 15 is 0 Å². The number of nitrogens with zero attached hydrogens (tertiary/aromatic N) is 1. The Balaban J connectivity index is 1.77. The molecule has 2 rings (SSSR count). The molecule has 0 fully saturated rings. The number of ether oxygens (including phenoxy) is 1. The summed E-state index contributed by atoms with van der Waals surface area (Å²) in [5, 5.41) is 3.52. The molecule has 5 nitrogen and oxygen atoms in total. The first-order chi connectivity index (χ1) is 13.2. The highest BCUT2D eigenvalue weighted by molar-refractivity contribution is 6.30. The number of nitrogens with one attached hydrogen (secondary N) is 1. The van der Waals surface area contributed by atoms with Crippen LogP contribution in [-0.4, -0.2) is 32.0 Å². The minimum absolute atomic E-state index is 0.0289. The Hall–Kier alpha value is -2.53. The predicted octanol–water partition coefficient (Wildman–Crippen LogP) is 4.09. The molecular formula is C22H27ClN2O3. The van der Waals surface area contributed by atoms with E-state index in [2.05, 4.69) is 5.32 Å². The normalized spacial score (nSPS) is 11.0. The van der Waals surface area contributed by atoms with E-state index in [0.717, 1.165) is 17.7 Å². The highest BCUT2D eigenvalue weighted by atomic mass is 35.5. The van der Waals surface area contributed by atoms with Crippen molar-refractivity contribution in [1.29, 1.82) is 0 Å². The number of carbonyl (C=O) groups is 2. The van der Waals surface area contributed by atoms with E-state index in [1.165, 1.54) is 0 Å². The third-order valence-electron chi connectivity index (χ3n) is 4.19. The van der Waals surface area contributed by atoms with Crippen molar-refractivity contribution in [2.45, 2.75) is 27.2 Å². The van der Waals surface area contributed by atoms with Crippen LogP contribution in [-0.2, 0) is 16.0 Å². The van der Waals surface area contributed by atoms with Gasteiger partial charge in [0.15, 0.2) is 6.61 Å². The minimum atomic E-state index is -0.450. The third kappa shape index (κ3) is 6.57. The fourth-order valence-corrected chi connectivity index (χ4v) is 2.71. The first-order valence-corrected chi connectivity index (χ1v) is 9.57. The van der Waals surface area contributed by atoms with Gasteiger partial charge in [-0.2, -0.15) is 0 Å². The predicted molar refractivity (Wildman–Crippen MR) is 113 cm³/mol. The summed E-state index contributed by atoms with van der Waals surface area (Å²) in [6.45, 7) is 6.12. The number of hydrogen-bond donors (Lipinski definition) is 1. The number of rotatable bonds is 7. The molecule has 0 heterocycles. The number of amides is 2. The number of anilines is 1. The van der Waals surface area contributed by atoms with Crippen LogP contribution in [0.25, 0.3) is 0 Å². The van der Waals surface area contributed by atoms with Gasteiger partial charge in [0.05, 0.1) is 0 Å². The van der Waals surface area contributed by atoms with E-state index in [-0.39, 0.29) is 18.4 Å². The molecule has 0 saturated heterocycles. The summed E-state index contributed by atoms with van der Waals surface area (Å²) in [4.78, 5) is 25.9. The van der Waals surface area contributed by atoms with Crippen LogP contribution in [0.2, 0.25) is 5.02 Å². The zero-order valence-electron chi connectivity index (χ0n) is 16.8. The van der Waals surface area contributed by atoms with Crippen molar-refractivity contribution in [2.24, 2.45) is 5.41 Å². The van der Waals surface area contributed by atoms with Crippen molar-refractivity contribution in [3.8, 4) is 5.75 Å². The lowest BCUT2D eigenvalue weighted by molar-refractivity contribution is -0.125. The molecule has 0 aromatic heterocycles. The van der Waals surface area contributed by atoms with E-state index in [1.807, 2.05) is 45.0 Å². The average molecular weight is 403 g/mol. The molecule has 0 aliphatic heterocycles. The summed E-state index contributed by atoms with van der Waals surface area (Å²) in [5.74, 6) is 0.424. The Bertz CT molecular complexity index is 796. The number of hydrogen-bond acceptors (Lipinski definition) is 3. The lowest BCUT2D eigenvalue weighted by atomic mass is 9.95. The molecule has 28 heavy (non-hydrogen) atoms. The maximum Gasteiger partial charge on any atom is 0.257 e. The highest BCUT2D eigenvalue weighted by Crippen LogP contribution is 2.24. The molecule has 0 spiro atoms. The second-order valence-corrected chi connectivity index (χ2v) is 8.06. The van der Waals surface area contributed by atoms with Crippen molar-refractivity contribution < 1.29 is 14.3 Å². The molecule has 150 valence electrons. The second kappa shape index (κ2) is 9.60. The van der Waals surface area contributed by atoms with Gasteiger partial charge in [0, 0.05) is 29.7 Å². The summed E-state index contributed by atoms with van der Waals surface area (Å²) >= 11 is 5.85. The average Bonchev–Trinajstić information content (AvgIpc) is 2.66. The van der Waals surface area contributed by atoms with Crippen LogP contribution >= 0.6 is 11.6 Å². The molecule has 2 amide bonds. The fourth-order valence-electron chi connectivity index (χ4n) is 2.58. The summed E-state index contributed by atoms with van der Waals surface area (Å²) < 4.78 is 5.52. The maximum atomic E-state index is 12.3. The van der Waals surface area contributed by atoms with Crippen molar-refractivity contribution in [1.82, 2.24) is 5.32 Å². The first kappa shape index (κ1) is 21.8. The Morgan fingerprint density at radius 1 is 1.04 bits per heavy atom. The maximum absolute atomic E-state index is 12.3. The minimum Gasteiger partial charge on any atom is -0.484 e. The molecule has 2 aromatic rings. The van der Waals surface area contributed by atoms with Gasteiger partial charge in [0.25, 0.3) is 5.91 Å². The lowest BCUT2D eigenvalue weighted by Gasteiger charge is -2.26. The van der Waals surface area contributed by atoms with Gasteiger partial charge in [-0.15, -0.1) is 0 Å². The Morgan fingerprint density at radius 2 is 1.64 bits per heavy atom. The molecule has 0 saturated carbocycles. The van der Waals surface area contributed by atoms with E-state index in [1.54, 1.807) is 36.2 Å². The lowest BCUT2D eigenvalue weighted by Crippen LogP contribution is -2.36. The molecule has 6 heteroatoms. The summed E-state index contributed by atoms with van der Waals surface area (Å²) in [7, 11) is 1.75. The molecule has 0 aliphatic rings. The van der Waals surface area contributed by atoms with Gasteiger partial charge in [0.2, 0.25) is 5.91 Å². The molecule has 2 aromatic carbocycles. The van der Waals surface area contributed by atoms with Gasteiger partial charge in [0.1, 0.15) is 5.75 Å². The molecular weight excluding hydrogens is 376 g/mol. The van der Waals surface area contributed by atoms with E-state index in [4.69, 9.17) is 16.3 Å². The smallest absolute Gasteiger partial charge is 0.257 e. The molecule has 0 radical (unpaired) electrons. The van der Waals surface area contributed by atoms with Crippen LogP contribution in [0.1, 0.15) is 26.3 Å². The van der Waals surface area contributed by atoms with E-state index in [9.17, 15) is 9.59 Å². The molecule has 1 N–H and O–H groups in total. The number of carbonyl (C=O) groups excluding carboxylic acids is 2. The summed E-state index contributed by atoms with van der Waals surface area (Å²) in [6, 6.07) is 14.7. The van der Waals surface area contributed by atoms with Crippen LogP contribution < -0.4 is 15.0 Å². The topological polar surface area (TPSA) is 58.6 Å². The van der Waals surface area contributed by atoms with Crippen molar-refractivity contribution in [3.05, 3.63) is 59.1 Å². The molecule has 0 aliphatic carbocycles. The number of benzene rings is 2. The first-order valence-electron chi connectivity index (χ1n) is 9.19. The van der Waals surface area contributed by atoms with Gasteiger partial charge in [-0.25, -0.2) is 0 Å². The number of halogens is 1. The SMILES string of the molecule is CN(C(=O)C(C)(C)C)c1ccc(OCC(=O)NCCc2ccc(Cl)cc2)cc1. The van der Waals surface area contributed by atoms with Gasteiger partial charge in [-0.3, -0.25) is 9.59 Å². The standard InChI is InChI=1S/C22H27ClN2O3/c1-22(2,3)21(27)25(4)18-9-11-19(12-10-18)28-15-20(26)24-14-13-16-5-7-17(23)8-6-16/h5-12H,13-15H2,1-4H3,(H,24,26). The van der Waals surface area contributed by atoms with Gasteiger partial charge >= 0.3 is 0 Å². The van der Waals surface area contributed by atoms with E-state index < -0.39 is 5.41 Å². The van der Waals surface area contributed by atoms with Crippen LogP contribution in [0.3, 0.4) is 0 Å². The molecule has 0 unspecified atom stereocenters. The Kier molecular flexibility index (Phi) is 7.46. The Morgan fingerprint density at radius 3 is 2.21 bits per heavy atom. The largest absolute Gasteiger partial charge is 0.484 e. The molecule has 0 atom stereocenters. The van der Waals surface area contributed by atoms with Crippen LogP contribution in [0.4, 0.5) is 5.69 Å². The summed E-state index contributed by atoms with van der Waals surface area (Å²) in [6.07, 6.45) is 0.728. The highest BCUT2D eigenvalue weighted by Gasteiger charge is 2.25. The fraction of sp³-hybridized carbons (Fsp3) is 0.364.